The summed E-state index contributed by atoms with van der Waals surface area (Å²) in [7, 11) is 1.97. The van der Waals surface area contributed by atoms with Gasteiger partial charge in [0.15, 0.2) is 0 Å². The molecule has 5 heteroatoms. The summed E-state index contributed by atoms with van der Waals surface area (Å²) < 4.78 is 4.55. The van der Waals surface area contributed by atoms with Gasteiger partial charge in [-0.3, -0.25) is 0 Å². The maximum absolute atomic E-state index is 4.56. The molecule has 0 aromatic carbocycles. The number of hydrogen-bond acceptors (Lipinski definition) is 3. The summed E-state index contributed by atoms with van der Waals surface area (Å²) in [4.78, 5) is 8.88. The van der Waals surface area contributed by atoms with E-state index in [-0.39, 0.29) is 0 Å². The van der Waals surface area contributed by atoms with Crippen LogP contribution in [0.4, 0.5) is 0 Å². The van der Waals surface area contributed by atoms with Gasteiger partial charge < -0.3 is 14.5 Å². The van der Waals surface area contributed by atoms with Crippen LogP contribution in [-0.4, -0.2) is 26.1 Å². The number of nitrogens with one attached hydrogen (secondary N) is 1. The first-order chi connectivity index (χ1) is 10.4. The number of nitrogens with zero attached hydrogens (tertiary/aromatic N) is 4. The Bertz CT molecular complexity index is 766. The highest BCUT2D eigenvalue weighted by atomic mass is 15.1. The Kier molecular flexibility index (Phi) is 3.00. The average Bonchev–Trinajstić information content (AvgIpc) is 3.16. The third-order valence-corrected chi connectivity index (χ3v) is 4.10. The molecule has 1 N–H and O–H groups in total. The van der Waals surface area contributed by atoms with Crippen molar-refractivity contribution in [3.63, 3.8) is 0 Å². The van der Waals surface area contributed by atoms with E-state index in [1.165, 1.54) is 29.5 Å². The lowest BCUT2D eigenvalue weighted by Gasteiger charge is -2.08. The van der Waals surface area contributed by atoms with Gasteiger partial charge >= 0.3 is 0 Å². The zero-order chi connectivity index (χ0) is 14.2. The Balaban J connectivity index is 1.74. The van der Waals surface area contributed by atoms with Crippen LogP contribution in [0.2, 0.25) is 0 Å². The van der Waals surface area contributed by atoms with Gasteiger partial charge in [0.05, 0.1) is 18.6 Å². The van der Waals surface area contributed by atoms with Crippen LogP contribution in [0.3, 0.4) is 0 Å². The molecule has 0 bridgehead atoms. The number of fused-ring (bicyclic) bond motifs is 1. The SMILES string of the molecule is CNCc1cn(Cc2cncn2C2CC2)c2ncccc12. The molecular formula is C16H19N5. The van der Waals surface area contributed by atoms with Gasteiger partial charge in [-0.2, -0.15) is 0 Å². The number of pyridine rings is 1. The number of aromatic nitrogens is 4. The van der Waals surface area contributed by atoms with Crippen molar-refractivity contribution in [3.8, 4) is 0 Å². The topological polar surface area (TPSA) is 47.7 Å². The summed E-state index contributed by atoms with van der Waals surface area (Å²) in [6.07, 6.45) is 10.6. The molecule has 0 saturated heterocycles. The normalized spacial score (nSPS) is 14.9. The van der Waals surface area contributed by atoms with Crippen molar-refractivity contribution >= 4 is 11.0 Å². The van der Waals surface area contributed by atoms with Crippen molar-refractivity contribution in [3.05, 3.63) is 48.3 Å². The van der Waals surface area contributed by atoms with Crippen LogP contribution in [-0.2, 0) is 13.1 Å². The second-order valence-electron chi connectivity index (χ2n) is 5.71. The fraction of sp³-hybridized carbons (Fsp3) is 0.375. The first-order valence-corrected chi connectivity index (χ1v) is 7.45. The Morgan fingerprint density at radius 2 is 2.29 bits per heavy atom. The minimum atomic E-state index is 0.661. The lowest BCUT2D eigenvalue weighted by atomic mass is 10.2. The molecule has 0 unspecified atom stereocenters. The summed E-state index contributed by atoms with van der Waals surface area (Å²) in [5.74, 6) is 0. The lowest BCUT2D eigenvalue weighted by Crippen LogP contribution is -2.06. The molecule has 108 valence electrons. The van der Waals surface area contributed by atoms with Gasteiger partial charge in [0, 0.05) is 36.6 Å². The first-order valence-electron chi connectivity index (χ1n) is 7.45. The largest absolute Gasteiger partial charge is 0.330 e. The molecule has 21 heavy (non-hydrogen) atoms. The molecular weight excluding hydrogens is 262 g/mol. The highest BCUT2D eigenvalue weighted by Gasteiger charge is 2.25. The van der Waals surface area contributed by atoms with Crippen LogP contribution >= 0.6 is 0 Å². The highest BCUT2D eigenvalue weighted by Crippen LogP contribution is 2.36. The van der Waals surface area contributed by atoms with E-state index in [0.717, 1.165) is 18.7 Å². The van der Waals surface area contributed by atoms with Crippen LogP contribution < -0.4 is 5.32 Å². The lowest BCUT2D eigenvalue weighted by molar-refractivity contribution is 0.661. The second-order valence-corrected chi connectivity index (χ2v) is 5.71. The van der Waals surface area contributed by atoms with E-state index in [9.17, 15) is 0 Å². The Hall–Kier alpha value is -2.14. The van der Waals surface area contributed by atoms with E-state index < -0.39 is 0 Å². The molecule has 0 spiro atoms. The van der Waals surface area contributed by atoms with Gasteiger partial charge in [0.1, 0.15) is 5.65 Å². The van der Waals surface area contributed by atoms with Crippen LogP contribution in [0.5, 0.6) is 0 Å². The maximum atomic E-state index is 4.56. The predicted molar refractivity (Wildman–Crippen MR) is 82.1 cm³/mol. The van der Waals surface area contributed by atoms with Crippen LogP contribution in [0.25, 0.3) is 11.0 Å². The Morgan fingerprint density at radius 1 is 1.38 bits per heavy atom. The van der Waals surface area contributed by atoms with Crippen LogP contribution in [0.1, 0.15) is 30.1 Å². The molecule has 3 aromatic heterocycles. The average molecular weight is 281 g/mol. The molecule has 5 nitrogen and oxygen atoms in total. The molecule has 1 saturated carbocycles. The molecule has 3 aromatic rings. The van der Waals surface area contributed by atoms with E-state index in [0.29, 0.717) is 6.04 Å². The summed E-state index contributed by atoms with van der Waals surface area (Å²) in [6.45, 7) is 1.69. The molecule has 3 heterocycles. The summed E-state index contributed by atoms with van der Waals surface area (Å²) >= 11 is 0. The van der Waals surface area contributed by atoms with E-state index in [1.54, 1.807) is 0 Å². The van der Waals surface area contributed by atoms with Crippen molar-refractivity contribution in [2.45, 2.75) is 32.0 Å². The third kappa shape index (κ3) is 2.23. The molecule has 0 radical (unpaired) electrons. The van der Waals surface area contributed by atoms with Crippen LogP contribution in [0, 0.1) is 0 Å². The van der Waals surface area contributed by atoms with E-state index in [2.05, 4.69) is 36.7 Å². The van der Waals surface area contributed by atoms with Crippen molar-refractivity contribution in [2.75, 3.05) is 7.05 Å². The molecule has 0 amide bonds. The van der Waals surface area contributed by atoms with Gasteiger partial charge in [-0.1, -0.05) is 0 Å². The smallest absolute Gasteiger partial charge is 0.140 e. The summed E-state index contributed by atoms with van der Waals surface area (Å²) in [5.41, 5.74) is 3.60. The minimum Gasteiger partial charge on any atom is -0.330 e. The molecule has 4 rings (SSSR count). The fourth-order valence-electron chi connectivity index (χ4n) is 2.96. The zero-order valence-corrected chi connectivity index (χ0v) is 12.2. The van der Waals surface area contributed by atoms with Gasteiger partial charge in [-0.15, -0.1) is 0 Å². The number of imidazole rings is 1. The van der Waals surface area contributed by atoms with E-state index >= 15 is 0 Å². The second kappa shape index (κ2) is 5.00. The summed E-state index contributed by atoms with van der Waals surface area (Å²) in [6, 6.07) is 4.80. The van der Waals surface area contributed by atoms with Crippen molar-refractivity contribution in [2.24, 2.45) is 0 Å². The molecule has 1 aliphatic carbocycles. The first kappa shape index (κ1) is 12.6. The molecule has 0 aliphatic heterocycles. The number of rotatable bonds is 5. The minimum absolute atomic E-state index is 0.661. The third-order valence-electron chi connectivity index (χ3n) is 4.10. The highest BCUT2D eigenvalue weighted by molar-refractivity contribution is 5.80. The standard InChI is InChI=1S/C16H19N5/c1-17-7-12-9-20(16-15(12)3-2-6-19-16)10-14-8-18-11-21(14)13-4-5-13/h2-3,6,8-9,11,13,17H,4-5,7,10H2,1H3. The van der Waals surface area contributed by atoms with Crippen molar-refractivity contribution < 1.29 is 0 Å². The predicted octanol–water partition coefficient (Wildman–Crippen LogP) is 2.34. The molecule has 0 atom stereocenters. The Labute approximate surface area is 123 Å². The van der Waals surface area contributed by atoms with E-state index in [4.69, 9.17) is 0 Å². The Morgan fingerprint density at radius 3 is 3.10 bits per heavy atom. The number of hydrogen-bond donors (Lipinski definition) is 1. The quantitative estimate of drug-likeness (QED) is 0.781. The maximum Gasteiger partial charge on any atom is 0.140 e. The van der Waals surface area contributed by atoms with Gasteiger partial charge in [-0.05, 0) is 37.6 Å². The zero-order valence-electron chi connectivity index (χ0n) is 12.2. The van der Waals surface area contributed by atoms with Gasteiger partial charge in [-0.25, -0.2) is 9.97 Å². The molecule has 1 aliphatic rings. The van der Waals surface area contributed by atoms with Crippen molar-refractivity contribution in [1.82, 2.24) is 24.4 Å². The monoisotopic (exact) mass is 281 g/mol. The summed E-state index contributed by atoms with van der Waals surface area (Å²) in [5, 5.41) is 4.46. The van der Waals surface area contributed by atoms with E-state index in [1.807, 2.05) is 31.8 Å². The van der Waals surface area contributed by atoms with Gasteiger partial charge in [0.2, 0.25) is 0 Å². The van der Waals surface area contributed by atoms with Crippen LogP contribution in [0.15, 0.2) is 37.1 Å². The van der Waals surface area contributed by atoms with Crippen molar-refractivity contribution in [1.29, 1.82) is 0 Å². The molecule has 1 fully saturated rings. The van der Waals surface area contributed by atoms with Gasteiger partial charge in [0.25, 0.3) is 0 Å². The fourth-order valence-corrected chi connectivity index (χ4v) is 2.96.